The number of carbonyl (C=O) groups excluding carboxylic acids is 1. The molecule has 1 saturated heterocycles. The standard InChI is InChI=1S/C13H12N2O3S/c14-9-11(16)15-10(13(17)18)8(6-19-12(9)15)7-4-2-1-3-5-7/h1-5,9,12H,6,14H2,(H,17,18)/t9-,12+/m1/s1. The number of carboxylic acid groups (broad SMARTS) is 1. The highest BCUT2D eigenvalue weighted by Crippen LogP contribution is 2.42. The monoisotopic (exact) mass is 276 g/mol. The summed E-state index contributed by atoms with van der Waals surface area (Å²) in [7, 11) is 0. The summed E-state index contributed by atoms with van der Waals surface area (Å²) in [5, 5.41) is 9.15. The fourth-order valence-corrected chi connectivity index (χ4v) is 3.70. The van der Waals surface area contributed by atoms with Gasteiger partial charge in [0.1, 0.15) is 17.1 Å². The van der Waals surface area contributed by atoms with E-state index in [2.05, 4.69) is 0 Å². The number of hydrogen-bond acceptors (Lipinski definition) is 4. The summed E-state index contributed by atoms with van der Waals surface area (Å²) in [4.78, 5) is 24.6. The molecule has 98 valence electrons. The number of amides is 1. The van der Waals surface area contributed by atoms with Crippen LogP contribution in [0.2, 0.25) is 0 Å². The van der Waals surface area contributed by atoms with E-state index in [1.165, 1.54) is 16.7 Å². The molecular formula is C13H12N2O3S. The van der Waals surface area contributed by atoms with Crippen LogP contribution in [0.3, 0.4) is 0 Å². The maximum Gasteiger partial charge on any atom is 0.352 e. The van der Waals surface area contributed by atoms with E-state index < -0.39 is 12.0 Å². The SMILES string of the molecule is N[C@@H]1C(=O)N2C(C(=O)O)=C(c3ccccc3)CS[C@@H]12. The van der Waals surface area contributed by atoms with Crippen LogP contribution in [-0.4, -0.2) is 39.1 Å². The summed E-state index contributed by atoms with van der Waals surface area (Å²) in [6.07, 6.45) is 0. The van der Waals surface area contributed by atoms with Crippen molar-refractivity contribution in [3.63, 3.8) is 0 Å². The van der Waals surface area contributed by atoms with Crippen LogP contribution in [0.5, 0.6) is 0 Å². The number of carboxylic acids is 1. The second-order valence-corrected chi connectivity index (χ2v) is 5.54. The third-order valence-electron chi connectivity index (χ3n) is 3.33. The van der Waals surface area contributed by atoms with Gasteiger partial charge in [0.15, 0.2) is 0 Å². The fourth-order valence-electron chi connectivity index (χ4n) is 2.38. The summed E-state index contributed by atoms with van der Waals surface area (Å²) in [5.41, 5.74) is 7.27. The fraction of sp³-hybridized carbons (Fsp3) is 0.231. The van der Waals surface area contributed by atoms with Crippen LogP contribution in [-0.2, 0) is 9.59 Å². The molecule has 1 amide bonds. The van der Waals surface area contributed by atoms with Crippen LogP contribution < -0.4 is 5.73 Å². The molecule has 2 aliphatic heterocycles. The largest absolute Gasteiger partial charge is 0.477 e. The van der Waals surface area contributed by atoms with Crippen molar-refractivity contribution < 1.29 is 14.7 Å². The van der Waals surface area contributed by atoms with Crippen molar-refractivity contribution in [3.8, 4) is 0 Å². The summed E-state index contributed by atoms with van der Waals surface area (Å²) in [6.45, 7) is 0. The molecule has 0 aliphatic carbocycles. The first-order valence-corrected chi connectivity index (χ1v) is 6.88. The molecule has 0 bridgehead atoms. The summed E-state index contributed by atoms with van der Waals surface area (Å²) >= 11 is 1.51. The molecule has 0 saturated carbocycles. The molecule has 2 heterocycles. The Morgan fingerprint density at radius 1 is 1.37 bits per heavy atom. The van der Waals surface area contributed by atoms with Crippen molar-refractivity contribution in [1.29, 1.82) is 0 Å². The molecule has 2 atom stereocenters. The van der Waals surface area contributed by atoms with Gasteiger partial charge in [-0.05, 0) is 5.56 Å². The van der Waals surface area contributed by atoms with E-state index in [9.17, 15) is 14.7 Å². The molecule has 6 heteroatoms. The van der Waals surface area contributed by atoms with Crippen LogP contribution in [0.4, 0.5) is 0 Å². The van der Waals surface area contributed by atoms with Crippen LogP contribution in [0, 0.1) is 0 Å². The van der Waals surface area contributed by atoms with Gasteiger partial charge >= 0.3 is 5.97 Å². The highest BCUT2D eigenvalue weighted by atomic mass is 32.2. The van der Waals surface area contributed by atoms with Gasteiger partial charge in [0, 0.05) is 11.3 Å². The van der Waals surface area contributed by atoms with Crippen LogP contribution in [0.25, 0.3) is 5.57 Å². The van der Waals surface area contributed by atoms with E-state index in [1.54, 1.807) is 0 Å². The summed E-state index contributed by atoms with van der Waals surface area (Å²) in [5.74, 6) is -0.846. The molecule has 0 aromatic heterocycles. The Morgan fingerprint density at radius 3 is 2.68 bits per heavy atom. The minimum absolute atomic E-state index is 0.0710. The number of fused-ring (bicyclic) bond motifs is 1. The molecular weight excluding hydrogens is 264 g/mol. The van der Waals surface area contributed by atoms with Gasteiger partial charge in [0.2, 0.25) is 5.91 Å². The third kappa shape index (κ3) is 1.75. The average Bonchev–Trinajstić information content (AvgIpc) is 2.45. The number of benzene rings is 1. The molecule has 2 aliphatic rings. The number of aliphatic carboxylic acids is 1. The Balaban J connectivity index is 2.10. The predicted octanol–water partition coefficient (Wildman–Crippen LogP) is 0.725. The van der Waals surface area contributed by atoms with Crippen molar-refractivity contribution >= 4 is 29.2 Å². The van der Waals surface area contributed by atoms with Crippen LogP contribution >= 0.6 is 11.8 Å². The molecule has 19 heavy (non-hydrogen) atoms. The Bertz CT molecular complexity index is 585. The van der Waals surface area contributed by atoms with Gasteiger partial charge in [-0.15, -0.1) is 11.8 Å². The Kier molecular flexibility index (Phi) is 2.83. The number of thioether (sulfide) groups is 1. The average molecular weight is 276 g/mol. The smallest absolute Gasteiger partial charge is 0.352 e. The topological polar surface area (TPSA) is 83.6 Å². The van der Waals surface area contributed by atoms with E-state index in [0.717, 1.165) is 5.56 Å². The van der Waals surface area contributed by atoms with Gasteiger partial charge in [-0.2, -0.15) is 0 Å². The third-order valence-corrected chi connectivity index (χ3v) is 4.64. The van der Waals surface area contributed by atoms with Crippen molar-refractivity contribution in [3.05, 3.63) is 41.6 Å². The van der Waals surface area contributed by atoms with Gasteiger partial charge in [-0.1, -0.05) is 30.3 Å². The Labute approximate surface area is 114 Å². The normalized spacial score (nSPS) is 25.9. The zero-order valence-corrected chi connectivity index (χ0v) is 10.8. The first-order valence-electron chi connectivity index (χ1n) is 5.83. The van der Waals surface area contributed by atoms with E-state index in [4.69, 9.17) is 5.73 Å². The summed E-state index contributed by atoms with van der Waals surface area (Å²) < 4.78 is 0. The number of nitrogens with two attached hydrogens (primary N) is 1. The van der Waals surface area contributed by atoms with Crippen molar-refractivity contribution in [2.75, 3.05) is 5.75 Å². The molecule has 3 N–H and O–H groups in total. The molecule has 0 radical (unpaired) electrons. The molecule has 1 aromatic rings. The first kappa shape index (κ1) is 12.3. The minimum Gasteiger partial charge on any atom is -0.477 e. The zero-order valence-electron chi connectivity index (χ0n) is 9.95. The molecule has 0 unspecified atom stereocenters. The second-order valence-electron chi connectivity index (χ2n) is 4.43. The zero-order chi connectivity index (χ0) is 13.6. The molecule has 3 rings (SSSR count). The van der Waals surface area contributed by atoms with Gasteiger partial charge in [-0.3, -0.25) is 9.69 Å². The molecule has 1 aromatic carbocycles. The molecule has 1 fully saturated rings. The lowest BCUT2D eigenvalue weighted by atomic mass is 9.99. The number of carbonyl (C=O) groups is 2. The maximum absolute atomic E-state index is 11.8. The van der Waals surface area contributed by atoms with Gasteiger partial charge in [0.05, 0.1) is 0 Å². The van der Waals surface area contributed by atoms with Crippen molar-refractivity contribution in [1.82, 2.24) is 4.90 Å². The second kappa shape index (κ2) is 4.40. The summed E-state index contributed by atoms with van der Waals surface area (Å²) in [6, 6.07) is 8.68. The number of rotatable bonds is 2. The quantitative estimate of drug-likeness (QED) is 0.778. The predicted molar refractivity (Wildman–Crippen MR) is 72.1 cm³/mol. The van der Waals surface area contributed by atoms with Crippen LogP contribution in [0.1, 0.15) is 5.56 Å². The number of β-lactam (4-membered cyclic amide) rings is 1. The van der Waals surface area contributed by atoms with E-state index in [-0.39, 0.29) is 17.0 Å². The van der Waals surface area contributed by atoms with E-state index >= 15 is 0 Å². The Hall–Kier alpha value is -1.79. The molecule has 0 spiro atoms. The Morgan fingerprint density at radius 2 is 2.05 bits per heavy atom. The number of nitrogens with zero attached hydrogens (tertiary/aromatic N) is 1. The lowest BCUT2D eigenvalue weighted by Gasteiger charge is -2.48. The van der Waals surface area contributed by atoms with Gasteiger partial charge in [0.25, 0.3) is 0 Å². The van der Waals surface area contributed by atoms with Crippen molar-refractivity contribution in [2.24, 2.45) is 5.73 Å². The lowest BCUT2D eigenvalue weighted by Crippen LogP contribution is -2.68. The van der Waals surface area contributed by atoms with Crippen LogP contribution in [0.15, 0.2) is 36.0 Å². The van der Waals surface area contributed by atoms with Crippen molar-refractivity contribution in [2.45, 2.75) is 11.4 Å². The number of hydrogen-bond donors (Lipinski definition) is 2. The van der Waals surface area contributed by atoms with E-state index in [0.29, 0.717) is 11.3 Å². The molecule has 5 nitrogen and oxygen atoms in total. The highest BCUT2D eigenvalue weighted by molar-refractivity contribution is 8.00. The van der Waals surface area contributed by atoms with Gasteiger partial charge in [-0.25, -0.2) is 4.79 Å². The van der Waals surface area contributed by atoms with E-state index in [1.807, 2.05) is 30.3 Å². The highest BCUT2D eigenvalue weighted by Gasteiger charge is 2.51. The first-order chi connectivity index (χ1) is 9.11. The maximum atomic E-state index is 11.8. The minimum atomic E-state index is -1.08. The lowest BCUT2D eigenvalue weighted by molar-refractivity contribution is -0.147. The van der Waals surface area contributed by atoms with Gasteiger partial charge < -0.3 is 10.8 Å².